The predicted molar refractivity (Wildman–Crippen MR) is 119 cm³/mol. The number of H-pyrrole nitrogens is 1. The molecule has 0 radical (unpaired) electrons. The molecule has 0 fully saturated rings. The summed E-state index contributed by atoms with van der Waals surface area (Å²) in [5.74, 6) is 1.36. The highest BCUT2D eigenvalue weighted by atomic mass is 32.1. The van der Waals surface area contributed by atoms with Crippen LogP contribution in [0.1, 0.15) is 16.9 Å². The number of aromatic amines is 1. The monoisotopic (exact) mass is 438 g/mol. The molecule has 1 aliphatic carbocycles. The number of fused-ring (bicyclic) bond motifs is 4. The van der Waals surface area contributed by atoms with Crippen LogP contribution in [0.4, 0.5) is 11.5 Å². The van der Waals surface area contributed by atoms with Gasteiger partial charge in [-0.1, -0.05) is 0 Å². The lowest BCUT2D eigenvalue weighted by Gasteiger charge is -2.25. The quantitative estimate of drug-likeness (QED) is 0.460. The Morgan fingerprint density at radius 1 is 1.32 bits per heavy atom. The Bertz CT molecular complexity index is 1280. The molecule has 1 atom stereocenters. The lowest BCUT2D eigenvalue weighted by Crippen LogP contribution is -2.34. The second-order valence-corrected chi connectivity index (χ2v) is 8.58. The van der Waals surface area contributed by atoms with Crippen LogP contribution in [0.15, 0.2) is 24.7 Å². The molecule has 0 saturated carbocycles. The molecule has 3 heterocycles. The summed E-state index contributed by atoms with van der Waals surface area (Å²) >= 11 is 1.63. The van der Waals surface area contributed by atoms with Gasteiger partial charge in [0.1, 0.15) is 22.7 Å². The summed E-state index contributed by atoms with van der Waals surface area (Å²) in [6.45, 7) is 0. The van der Waals surface area contributed by atoms with E-state index >= 15 is 0 Å². The number of benzene rings is 1. The summed E-state index contributed by atoms with van der Waals surface area (Å²) in [5, 5.41) is 13.8. The largest absolute Gasteiger partial charge is 0.494 e. The van der Waals surface area contributed by atoms with Crippen molar-refractivity contribution in [1.82, 2.24) is 25.2 Å². The number of hydrogen-bond donors (Lipinski definition) is 2. The Labute approximate surface area is 182 Å². The van der Waals surface area contributed by atoms with Gasteiger partial charge in [-0.3, -0.25) is 14.7 Å². The highest BCUT2D eigenvalue weighted by Crippen LogP contribution is 2.41. The van der Waals surface area contributed by atoms with Gasteiger partial charge in [-0.05, 0) is 30.9 Å². The van der Waals surface area contributed by atoms with Gasteiger partial charge in [0.05, 0.1) is 37.0 Å². The Morgan fingerprint density at radius 3 is 3.00 bits per heavy atom. The SMILES string of the molecule is COc1cc2[nH]ncc2cc1Nc1ncnc2sc3c(c12)CC[C@H](C(=O)N(C)OC)C3. The summed E-state index contributed by atoms with van der Waals surface area (Å²) in [6.07, 6.45) is 5.59. The van der Waals surface area contributed by atoms with Crippen molar-refractivity contribution in [3.8, 4) is 5.75 Å². The number of thiophene rings is 1. The van der Waals surface area contributed by atoms with Crippen LogP contribution < -0.4 is 10.1 Å². The number of carbonyl (C=O) groups is 1. The van der Waals surface area contributed by atoms with Gasteiger partial charge in [0.15, 0.2) is 0 Å². The molecule has 0 aliphatic heterocycles. The minimum atomic E-state index is -0.0847. The Balaban J connectivity index is 1.52. The molecule has 1 aromatic carbocycles. The zero-order valence-corrected chi connectivity index (χ0v) is 18.2. The molecule has 160 valence electrons. The third-order valence-corrected chi connectivity index (χ3v) is 6.95. The van der Waals surface area contributed by atoms with Crippen LogP contribution in [0.3, 0.4) is 0 Å². The number of carbonyl (C=O) groups excluding carboxylic acids is 1. The van der Waals surface area contributed by atoms with Crippen LogP contribution in [0.25, 0.3) is 21.1 Å². The summed E-state index contributed by atoms with van der Waals surface area (Å²) < 4.78 is 5.57. The molecule has 9 nitrogen and oxygen atoms in total. The number of amides is 1. The lowest BCUT2D eigenvalue weighted by molar-refractivity contribution is -0.173. The summed E-state index contributed by atoms with van der Waals surface area (Å²) in [5.41, 5.74) is 2.93. The van der Waals surface area contributed by atoms with E-state index in [1.165, 1.54) is 22.6 Å². The van der Waals surface area contributed by atoms with Crippen molar-refractivity contribution in [1.29, 1.82) is 0 Å². The molecule has 0 unspecified atom stereocenters. The van der Waals surface area contributed by atoms with Crippen LogP contribution >= 0.6 is 11.3 Å². The highest BCUT2D eigenvalue weighted by Gasteiger charge is 2.31. The zero-order chi connectivity index (χ0) is 21.5. The van der Waals surface area contributed by atoms with E-state index in [-0.39, 0.29) is 11.8 Å². The number of nitrogens with zero attached hydrogens (tertiary/aromatic N) is 4. The summed E-state index contributed by atoms with van der Waals surface area (Å²) in [7, 11) is 4.80. The van der Waals surface area contributed by atoms with Crippen molar-refractivity contribution in [2.24, 2.45) is 5.92 Å². The molecule has 5 rings (SSSR count). The van der Waals surface area contributed by atoms with E-state index in [1.807, 2.05) is 12.1 Å². The van der Waals surface area contributed by atoms with Crippen LogP contribution in [-0.4, -0.2) is 52.4 Å². The van der Waals surface area contributed by atoms with Crippen LogP contribution in [0.5, 0.6) is 5.75 Å². The minimum Gasteiger partial charge on any atom is -0.494 e. The molecule has 0 bridgehead atoms. The fourth-order valence-corrected chi connectivity index (χ4v) is 5.40. The molecule has 2 N–H and O–H groups in total. The van der Waals surface area contributed by atoms with E-state index < -0.39 is 0 Å². The molecule has 10 heteroatoms. The van der Waals surface area contributed by atoms with Gasteiger partial charge in [0.2, 0.25) is 5.91 Å². The molecular formula is C21H22N6O3S. The number of aryl methyl sites for hydroxylation is 1. The van der Waals surface area contributed by atoms with Gasteiger partial charge in [0, 0.05) is 29.3 Å². The molecule has 0 spiro atoms. The van der Waals surface area contributed by atoms with Crippen LogP contribution in [-0.2, 0) is 22.5 Å². The van der Waals surface area contributed by atoms with Gasteiger partial charge >= 0.3 is 0 Å². The maximum Gasteiger partial charge on any atom is 0.249 e. The number of anilines is 2. The van der Waals surface area contributed by atoms with Gasteiger partial charge in [-0.2, -0.15) is 5.10 Å². The molecule has 31 heavy (non-hydrogen) atoms. The Kier molecular flexibility index (Phi) is 4.95. The van der Waals surface area contributed by atoms with E-state index in [0.29, 0.717) is 12.2 Å². The number of hydroxylamine groups is 2. The smallest absolute Gasteiger partial charge is 0.249 e. The van der Waals surface area contributed by atoms with Gasteiger partial charge in [-0.15, -0.1) is 11.3 Å². The predicted octanol–water partition coefficient (Wildman–Crippen LogP) is 3.44. The first-order chi connectivity index (χ1) is 15.1. The van der Waals surface area contributed by atoms with Crippen LogP contribution in [0, 0.1) is 5.92 Å². The number of hydrogen-bond acceptors (Lipinski definition) is 8. The van der Waals surface area contributed by atoms with Gasteiger partial charge in [-0.25, -0.2) is 15.0 Å². The van der Waals surface area contributed by atoms with Crippen molar-refractivity contribution < 1.29 is 14.4 Å². The first kappa shape index (κ1) is 19.7. The highest BCUT2D eigenvalue weighted by molar-refractivity contribution is 7.19. The number of methoxy groups -OCH3 is 1. The average Bonchev–Trinajstić information content (AvgIpc) is 3.40. The fraction of sp³-hybridized carbons (Fsp3) is 0.333. The Hall–Kier alpha value is -3.24. The molecule has 1 aliphatic rings. The third kappa shape index (κ3) is 3.37. The lowest BCUT2D eigenvalue weighted by atomic mass is 9.87. The second kappa shape index (κ2) is 7.78. The van der Waals surface area contributed by atoms with Crippen LogP contribution in [0.2, 0.25) is 0 Å². The van der Waals surface area contributed by atoms with Crippen molar-refractivity contribution in [2.45, 2.75) is 19.3 Å². The van der Waals surface area contributed by atoms with E-state index in [2.05, 4.69) is 25.5 Å². The topological polar surface area (TPSA) is 105 Å². The number of nitrogens with one attached hydrogen (secondary N) is 2. The van der Waals surface area contributed by atoms with Crippen molar-refractivity contribution in [3.05, 3.63) is 35.1 Å². The van der Waals surface area contributed by atoms with Crippen molar-refractivity contribution >= 4 is 49.9 Å². The molecule has 4 aromatic rings. The van der Waals surface area contributed by atoms with E-state index in [9.17, 15) is 4.79 Å². The standard InChI is InChI=1S/C21H22N6O3S/c1-27(30-3)21(28)11-4-5-13-17(7-11)31-20-18(13)19(22-10-23-20)25-15-6-12-9-24-26-14(12)8-16(15)29-2/h6,8-11H,4-5,7H2,1-3H3,(H,24,26)(H,22,23,25)/t11-/m0/s1. The number of ether oxygens (including phenoxy) is 1. The number of rotatable bonds is 5. The number of aromatic nitrogens is 4. The molecule has 3 aromatic heterocycles. The zero-order valence-electron chi connectivity index (χ0n) is 17.4. The molecule has 1 amide bonds. The first-order valence-corrected chi connectivity index (χ1v) is 10.8. The van der Waals surface area contributed by atoms with Crippen molar-refractivity contribution in [2.75, 3.05) is 26.6 Å². The Morgan fingerprint density at radius 2 is 2.19 bits per heavy atom. The average molecular weight is 439 g/mol. The van der Waals surface area contributed by atoms with E-state index in [1.54, 1.807) is 38.0 Å². The third-order valence-electron chi connectivity index (χ3n) is 5.79. The molecule has 0 saturated heterocycles. The first-order valence-electron chi connectivity index (χ1n) is 9.94. The second-order valence-electron chi connectivity index (χ2n) is 7.50. The van der Waals surface area contributed by atoms with Gasteiger partial charge < -0.3 is 10.1 Å². The molecular weight excluding hydrogens is 416 g/mol. The van der Waals surface area contributed by atoms with Gasteiger partial charge in [0.25, 0.3) is 0 Å². The fourth-order valence-electron chi connectivity index (χ4n) is 4.13. The summed E-state index contributed by atoms with van der Waals surface area (Å²) in [4.78, 5) is 28.8. The normalized spacial score (nSPS) is 15.8. The maximum atomic E-state index is 12.6. The van der Waals surface area contributed by atoms with E-state index in [0.717, 1.165) is 45.5 Å². The van der Waals surface area contributed by atoms with Crippen molar-refractivity contribution in [3.63, 3.8) is 0 Å². The summed E-state index contributed by atoms with van der Waals surface area (Å²) in [6, 6.07) is 3.90. The minimum absolute atomic E-state index is 0.00758. The van der Waals surface area contributed by atoms with E-state index in [4.69, 9.17) is 9.57 Å². The maximum absolute atomic E-state index is 12.6.